The van der Waals surface area contributed by atoms with Crippen molar-refractivity contribution in [3.05, 3.63) is 0 Å². The molecule has 1 saturated carbocycles. The molecule has 18 heavy (non-hydrogen) atoms. The van der Waals surface area contributed by atoms with Gasteiger partial charge in [0.15, 0.2) is 0 Å². The fourth-order valence-electron chi connectivity index (χ4n) is 3.24. The molecular weight excluding hydrogens is 222 g/mol. The summed E-state index contributed by atoms with van der Waals surface area (Å²) in [7, 11) is 0. The van der Waals surface area contributed by atoms with Crippen molar-refractivity contribution in [2.45, 2.75) is 58.0 Å². The van der Waals surface area contributed by atoms with E-state index in [0.29, 0.717) is 0 Å². The lowest BCUT2D eigenvalue weighted by Crippen LogP contribution is -2.50. The number of nitrogens with one attached hydrogen (secondary N) is 1. The number of nitrogens with zero attached hydrogens (tertiary/aromatic N) is 2. The predicted octanol–water partition coefficient (Wildman–Crippen LogP) is 1.93. The Balaban J connectivity index is 1.55. The van der Waals surface area contributed by atoms with E-state index in [1.165, 1.54) is 71.4 Å². The van der Waals surface area contributed by atoms with Gasteiger partial charge in [-0.3, -0.25) is 9.80 Å². The lowest BCUT2D eigenvalue weighted by atomic mass is 10.2. The Hall–Kier alpha value is -0.120. The van der Waals surface area contributed by atoms with E-state index in [1.54, 1.807) is 0 Å². The van der Waals surface area contributed by atoms with Crippen LogP contribution in [0.3, 0.4) is 0 Å². The maximum Gasteiger partial charge on any atom is 0.0113 e. The van der Waals surface area contributed by atoms with Gasteiger partial charge in [-0.05, 0) is 26.2 Å². The predicted molar refractivity (Wildman–Crippen MR) is 78.0 cm³/mol. The maximum atomic E-state index is 3.72. The van der Waals surface area contributed by atoms with Gasteiger partial charge in [-0.25, -0.2) is 0 Å². The van der Waals surface area contributed by atoms with E-state index in [4.69, 9.17) is 0 Å². The minimum absolute atomic E-state index is 0.767. The minimum atomic E-state index is 0.767. The number of rotatable bonds is 6. The standard InChI is InChI=1S/C15H31N3/c1-3-14(2)18-12-10-17(11-13-18)9-8-16-15-6-4-5-7-15/h14-16H,3-13H2,1-2H3. The summed E-state index contributed by atoms with van der Waals surface area (Å²) >= 11 is 0. The van der Waals surface area contributed by atoms with E-state index in [9.17, 15) is 0 Å². The molecule has 0 amide bonds. The van der Waals surface area contributed by atoms with Gasteiger partial charge in [0.25, 0.3) is 0 Å². The summed E-state index contributed by atoms with van der Waals surface area (Å²) in [5, 5.41) is 3.72. The first kappa shape index (κ1) is 14.3. The molecule has 2 fully saturated rings. The zero-order valence-corrected chi connectivity index (χ0v) is 12.3. The van der Waals surface area contributed by atoms with Crippen molar-refractivity contribution in [2.75, 3.05) is 39.3 Å². The molecule has 1 unspecified atom stereocenters. The van der Waals surface area contributed by atoms with Gasteiger partial charge in [-0.1, -0.05) is 19.8 Å². The van der Waals surface area contributed by atoms with E-state index in [-0.39, 0.29) is 0 Å². The van der Waals surface area contributed by atoms with Crippen LogP contribution in [0.5, 0.6) is 0 Å². The third kappa shape index (κ3) is 4.22. The second-order valence-corrected chi connectivity index (χ2v) is 6.07. The molecule has 1 atom stereocenters. The van der Waals surface area contributed by atoms with Crippen molar-refractivity contribution >= 4 is 0 Å². The zero-order chi connectivity index (χ0) is 12.8. The highest BCUT2D eigenvalue weighted by Gasteiger charge is 2.20. The molecular formula is C15H31N3. The van der Waals surface area contributed by atoms with Crippen molar-refractivity contribution in [1.82, 2.24) is 15.1 Å². The molecule has 1 aliphatic heterocycles. The van der Waals surface area contributed by atoms with Crippen molar-refractivity contribution in [3.63, 3.8) is 0 Å². The van der Waals surface area contributed by atoms with E-state index in [2.05, 4.69) is 29.0 Å². The van der Waals surface area contributed by atoms with Crippen LogP contribution in [-0.4, -0.2) is 61.2 Å². The molecule has 2 rings (SSSR count). The third-order valence-electron chi connectivity index (χ3n) is 4.84. The molecule has 106 valence electrons. The molecule has 1 aliphatic carbocycles. The Bertz CT molecular complexity index is 218. The molecule has 1 saturated heterocycles. The summed E-state index contributed by atoms with van der Waals surface area (Å²) in [4.78, 5) is 5.27. The molecule has 1 heterocycles. The van der Waals surface area contributed by atoms with Crippen LogP contribution in [0.25, 0.3) is 0 Å². The normalized spacial score (nSPS) is 25.7. The molecule has 0 aromatic rings. The summed E-state index contributed by atoms with van der Waals surface area (Å²) in [6, 6.07) is 1.59. The van der Waals surface area contributed by atoms with Crippen LogP contribution in [0.1, 0.15) is 46.0 Å². The first-order valence-corrected chi connectivity index (χ1v) is 7.99. The molecule has 0 radical (unpaired) electrons. The molecule has 2 aliphatic rings. The van der Waals surface area contributed by atoms with Crippen LogP contribution in [-0.2, 0) is 0 Å². The summed E-state index contributed by atoms with van der Waals surface area (Å²) in [6.45, 7) is 12.1. The quantitative estimate of drug-likeness (QED) is 0.780. The van der Waals surface area contributed by atoms with Gasteiger partial charge < -0.3 is 5.32 Å². The van der Waals surface area contributed by atoms with Crippen molar-refractivity contribution in [1.29, 1.82) is 0 Å². The van der Waals surface area contributed by atoms with Gasteiger partial charge in [-0.2, -0.15) is 0 Å². The highest BCUT2D eigenvalue weighted by Crippen LogP contribution is 2.17. The first-order chi connectivity index (χ1) is 8.79. The smallest absolute Gasteiger partial charge is 0.0113 e. The Labute approximate surface area is 113 Å². The fourth-order valence-corrected chi connectivity index (χ4v) is 3.24. The van der Waals surface area contributed by atoms with Gasteiger partial charge in [0.1, 0.15) is 0 Å². The molecule has 0 bridgehead atoms. The average Bonchev–Trinajstić information content (AvgIpc) is 2.92. The van der Waals surface area contributed by atoms with Crippen LogP contribution in [0, 0.1) is 0 Å². The summed E-state index contributed by atoms with van der Waals surface area (Å²) in [6.07, 6.45) is 6.96. The highest BCUT2D eigenvalue weighted by atomic mass is 15.3. The Morgan fingerprint density at radius 1 is 1.11 bits per heavy atom. The monoisotopic (exact) mass is 253 g/mol. The highest BCUT2D eigenvalue weighted by molar-refractivity contribution is 4.78. The van der Waals surface area contributed by atoms with E-state index in [1.807, 2.05) is 0 Å². The van der Waals surface area contributed by atoms with Gasteiger partial charge in [-0.15, -0.1) is 0 Å². The zero-order valence-electron chi connectivity index (χ0n) is 12.3. The van der Waals surface area contributed by atoms with Gasteiger partial charge in [0, 0.05) is 51.4 Å². The average molecular weight is 253 g/mol. The molecule has 3 nitrogen and oxygen atoms in total. The molecule has 3 heteroatoms. The van der Waals surface area contributed by atoms with Gasteiger partial charge >= 0.3 is 0 Å². The summed E-state index contributed by atoms with van der Waals surface area (Å²) in [5.41, 5.74) is 0. The van der Waals surface area contributed by atoms with Crippen LogP contribution in [0.15, 0.2) is 0 Å². The first-order valence-electron chi connectivity index (χ1n) is 7.99. The SMILES string of the molecule is CCC(C)N1CCN(CCNC2CCCC2)CC1. The van der Waals surface area contributed by atoms with Gasteiger partial charge in [0.05, 0.1) is 0 Å². The van der Waals surface area contributed by atoms with Crippen molar-refractivity contribution in [2.24, 2.45) is 0 Å². The van der Waals surface area contributed by atoms with Crippen LogP contribution >= 0.6 is 0 Å². The maximum absolute atomic E-state index is 3.72. The Morgan fingerprint density at radius 3 is 2.39 bits per heavy atom. The van der Waals surface area contributed by atoms with Gasteiger partial charge in [0.2, 0.25) is 0 Å². The molecule has 0 aromatic carbocycles. The Kier molecular flexibility index (Phi) is 5.93. The van der Waals surface area contributed by atoms with Crippen molar-refractivity contribution in [3.8, 4) is 0 Å². The van der Waals surface area contributed by atoms with E-state index >= 15 is 0 Å². The lowest BCUT2D eigenvalue weighted by molar-refractivity contribution is 0.101. The van der Waals surface area contributed by atoms with Crippen LogP contribution in [0.4, 0.5) is 0 Å². The Morgan fingerprint density at radius 2 is 1.78 bits per heavy atom. The van der Waals surface area contributed by atoms with E-state index < -0.39 is 0 Å². The minimum Gasteiger partial charge on any atom is -0.313 e. The second kappa shape index (κ2) is 7.46. The van der Waals surface area contributed by atoms with Crippen LogP contribution < -0.4 is 5.32 Å². The molecule has 0 aromatic heterocycles. The third-order valence-corrected chi connectivity index (χ3v) is 4.84. The van der Waals surface area contributed by atoms with E-state index in [0.717, 1.165) is 12.1 Å². The van der Waals surface area contributed by atoms with Crippen molar-refractivity contribution < 1.29 is 0 Å². The topological polar surface area (TPSA) is 18.5 Å². The largest absolute Gasteiger partial charge is 0.313 e. The summed E-state index contributed by atoms with van der Waals surface area (Å²) in [5.74, 6) is 0. The number of hydrogen-bond acceptors (Lipinski definition) is 3. The lowest BCUT2D eigenvalue weighted by Gasteiger charge is -2.38. The molecule has 0 spiro atoms. The summed E-state index contributed by atoms with van der Waals surface area (Å²) < 4.78 is 0. The molecule has 1 N–H and O–H groups in total. The van der Waals surface area contributed by atoms with Crippen LogP contribution in [0.2, 0.25) is 0 Å². The number of hydrogen-bond donors (Lipinski definition) is 1. The number of piperazine rings is 1. The fraction of sp³-hybridized carbons (Fsp3) is 1.00. The second-order valence-electron chi connectivity index (χ2n) is 6.07.